The van der Waals surface area contributed by atoms with Gasteiger partial charge in [-0.1, -0.05) is 34.8 Å². The average molecular weight is 449 g/mol. The largest absolute Gasteiger partial charge is 0.482 e. The highest BCUT2D eigenvalue weighted by Gasteiger charge is 2.11. The summed E-state index contributed by atoms with van der Waals surface area (Å²) in [5.41, 5.74) is 2.51. The average Bonchev–Trinajstić information content (AvgIpc) is 3.14. The van der Waals surface area contributed by atoms with E-state index in [1.165, 1.54) is 12.1 Å². The fourth-order valence-electron chi connectivity index (χ4n) is 2.54. The van der Waals surface area contributed by atoms with E-state index >= 15 is 0 Å². The summed E-state index contributed by atoms with van der Waals surface area (Å²) in [7, 11) is 0. The van der Waals surface area contributed by atoms with Gasteiger partial charge in [0.05, 0.1) is 15.1 Å². The van der Waals surface area contributed by atoms with Crippen LogP contribution >= 0.6 is 34.8 Å². The smallest absolute Gasteiger partial charge is 0.262 e. The molecule has 0 saturated heterocycles. The van der Waals surface area contributed by atoms with Gasteiger partial charge < -0.3 is 14.5 Å². The van der Waals surface area contributed by atoms with Gasteiger partial charge in [-0.3, -0.25) is 4.79 Å². The normalized spacial score (nSPS) is 10.9. The van der Waals surface area contributed by atoms with Crippen molar-refractivity contribution < 1.29 is 13.9 Å². The van der Waals surface area contributed by atoms with Gasteiger partial charge in [-0.2, -0.15) is 4.98 Å². The molecule has 1 amide bonds. The second-order valence-corrected chi connectivity index (χ2v) is 7.18. The monoisotopic (exact) mass is 447 g/mol. The highest BCUT2D eigenvalue weighted by atomic mass is 35.5. The fourth-order valence-corrected chi connectivity index (χ4v) is 3.14. The maximum Gasteiger partial charge on any atom is 0.262 e. The molecule has 146 valence electrons. The first-order valence-electron chi connectivity index (χ1n) is 8.39. The van der Waals surface area contributed by atoms with Crippen LogP contribution in [0.2, 0.25) is 15.1 Å². The van der Waals surface area contributed by atoms with E-state index in [9.17, 15) is 4.79 Å². The third kappa shape index (κ3) is 4.45. The van der Waals surface area contributed by atoms with E-state index in [2.05, 4.69) is 15.3 Å². The number of nitrogens with one attached hydrogen (secondary N) is 1. The van der Waals surface area contributed by atoms with E-state index in [0.29, 0.717) is 27.8 Å². The lowest BCUT2D eigenvalue weighted by molar-refractivity contribution is -0.118. The van der Waals surface area contributed by atoms with Crippen molar-refractivity contribution in [2.75, 3.05) is 11.9 Å². The summed E-state index contributed by atoms with van der Waals surface area (Å²) in [4.78, 5) is 20.6. The highest BCUT2D eigenvalue weighted by molar-refractivity contribution is 6.43. The first-order valence-corrected chi connectivity index (χ1v) is 9.52. The molecule has 0 saturated carbocycles. The molecule has 0 atom stereocenters. The first kappa shape index (κ1) is 19.5. The minimum absolute atomic E-state index is 0.240. The number of benzene rings is 2. The molecule has 29 heavy (non-hydrogen) atoms. The van der Waals surface area contributed by atoms with Crippen molar-refractivity contribution in [2.45, 2.75) is 0 Å². The van der Waals surface area contributed by atoms with E-state index in [-0.39, 0.29) is 28.3 Å². The predicted molar refractivity (Wildman–Crippen MR) is 113 cm³/mol. The molecule has 0 bridgehead atoms. The van der Waals surface area contributed by atoms with Gasteiger partial charge in [-0.25, -0.2) is 4.98 Å². The van der Waals surface area contributed by atoms with E-state index in [1.807, 2.05) is 0 Å². The van der Waals surface area contributed by atoms with E-state index in [1.54, 1.807) is 42.6 Å². The van der Waals surface area contributed by atoms with E-state index in [0.717, 1.165) is 5.56 Å². The van der Waals surface area contributed by atoms with Crippen molar-refractivity contribution in [3.8, 4) is 17.2 Å². The number of amides is 1. The van der Waals surface area contributed by atoms with Crippen molar-refractivity contribution in [3.05, 3.63) is 69.8 Å². The van der Waals surface area contributed by atoms with Gasteiger partial charge in [0.15, 0.2) is 17.8 Å². The summed E-state index contributed by atoms with van der Waals surface area (Å²) in [5, 5.41) is 3.60. The Balaban J connectivity index is 1.39. The minimum atomic E-state index is -0.356. The van der Waals surface area contributed by atoms with Crippen LogP contribution in [-0.4, -0.2) is 22.5 Å². The predicted octanol–water partition coefficient (Wildman–Crippen LogP) is 5.87. The SMILES string of the molecule is O=C(COc1cc(Cl)c(Cl)cc1Cl)Nc1ccc(-c2nc3ncccc3o2)cc1. The number of aromatic nitrogens is 2. The number of hydrogen-bond donors (Lipinski definition) is 1. The maximum absolute atomic E-state index is 12.1. The lowest BCUT2D eigenvalue weighted by atomic mass is 10.2. The molecular weight excluding hydrogens is 437 g/mol. The van der Waals surface area contributed by atoms with Crippen LogP contribution in [0.3, 0.4) is 0 Å². The van der Waals surface area contributed by atoms with Crippen LogP contribution in [0.4, 0.5) is 5.69 Å². The van der Waals surface area contributed by atoms with Crippen LogP contribution in [0.1, 0.15) is 0 Å². The molecule has 0 unspecified atom stereocenters. The standard InChI is InChI=1S/C20H12Cl3N3O3/c21-13-8-15(23)17(9-14(13)22)28-10-18(27)25-12-5-3-11(4-6-12)20-26-19-16(29-20)2-1-7-24-19/h1-9H,10H2,(H,25,27). The number of pyridine rings is 1. The highest BCUT2D eigenvalue weighted by Crippen LogP contribution is 2.33. The number of ether oxygens (including phenoxy) is 1. The van der Waals surface area contributed by atoms with Crippen molar-refractivity contribution >= 4 is 57.6 Å². The lowest BCUT2D eigenvalue weighted by Gasteiger charge is -2.10. The van der Waals surface area contributed by atoms with Crippen LogP contribution < -0.4 is 10.1 Å². The summed E-state index contributed by atoms with van der Waals surface area (Å²) >= 11 is 17.8. The Morgan fingerprint density at radius 2 is 1.79 bits per heavy atom. The molecular formula is C20H12Cl3N3O3. The van der Waals surface area contributed by atoms with Gasteiger partial charge in [0.1, 0.15) is 5.75 Å². The summed E-state index contributed by atoms with van der Waals surface area (Å²) < 4.78 is 11.1. The summed E-state index contributed by atoms with van der Waals surface area (Å²) in [6.07, 6.45) is 1.65. The van der Waals surface area contributed by atoms with Gasteiger partial charge in [0.25, 0.3) is 5.91 Å². The van der Waals surface area contributed by atoms with Gasteiger partial charge >= 0.3 is 0 Å². The quantitative estimate of drug-likeness (QED) is 0.386. The van der Waals surface area contributed by atoms with Crippen LogP contribution in [0, 0.1) is 0 Å². The van der Waals surface area contributed by atoms with Crippen LogP contribution in [0.25, 0.3) is 22.7 Å². The van der Waals surface area contributed by atoms with Gasteiger partial charge in [0, 0.05) is 23.5 Å². The topological polar surface area (TPSA) is 77.2 Å². The van der Waals surface area contributed by atoms with Crippen LogP contribution in [0.5, 0.6) is 5.75 Å². The molecule has 0 fully saturated rings. The van der Waals surface area contributed by atoms with E-state index < -0.39 is 0 Å². The second kappa shape index (κ2) is 8.29. The molecule has 4 aromatic rings. The number of halogens is 3. The molecule has 0 spiro atoms. The zero-order chi connectivity index (χ0) is 20.4. The number of fused-ring (bicyclic) bond motifs is 1. The van der Waals surface area contributed by atoms with Gasteiger partial charge in [-0.15, -0.1) is 0 Å². The van der Waals surface area contributed by atoms with Crippen molar-refractivity contribution in [1.82, 2.24) is 9.97 Å². The third-order valence-corrected chi connectivity index (χ3v) is 4.93. The Bertz CT molecular complexity index is 1160. The Hall–Kier alpha value is -2.80. The minimum Gasteiger partial charge on any atom is -0.482 e. The number of oxazole rings is 1. The lowest BCUT2D eigenvalue weighted by Crippen LogP contribution is -2.20. The van der Waals surface area contributed by atoms with Crippen molar-refractivity contribution in [1.29, 1.82) is 0 Å². The number of nitrogens with zero attached hydrogens (tertiary/aromatic N) is 2. The number of carbonyl (C=O) groups excluding carboxylic acids is 1. The molecule has 6 nitrogen and oxygen atoms in total. The molecule has 2 aromatic carbocycles. The molecule has 9 heteroatoms. The summed E-state index contributed by atoms with van der Waals surface area (Å²) in [6, 6.07) is 13.6. The van der Waals surface area contributed by atoms with Crippen molar-refractivity contribution in [3.63, 3.8) is 0 Å². The second-order valence-electron chi connectivity index (χ2n) is 5.96. The molecule has 4 rings (SSSR count). The fraction of sp³-hybridized carbons (Fsp3) is 0.0500. The number of anilines is 1. The summed E-state index contributed by atoms with van der Waals surface area (Å²) in [5.74, 6) is 0.372. The molecule has 2 heterocycles. The third-order valence-electron chi connectivity index (χ3n) is 3.91. The number of hydrogen-bond acceptors (Lipinski definition) is 5. The Morgan fingerprint density at radius 3 is 2.55 bits per heavy atom. The first-order chi connectivity index (χ1) is 14.0. The Labute approximate surface area is 180 Å². The van der Waals surface area contributed by atoms with Crippen LogP contribution in [0.15, 0.2) is 59.1 Å². The van der Waals surface area contributed by atoms with Gasteiger partial charge in [-0.05, 0) is 42.5 Å². The molecule has 2 aromatic heterocycles. The molecule has 0 aliphatic rings. The molecule has 1 N–H and O–H groups in total. The maximum atomic E-state index is 12.1. The Kier molecular flexibility index (Phi) is 5.58. The van der Waals surface area contributed by atoms with E-state index in [4.69, 9.17) is 44.0 Å². The zero-order valence-corrected chi connectivity index (χ0v) is 16.9. The van der Waals surface area contributed by atoms with Gasteiger partial charge in [0.2, 0.25) is 5.89 Å². The number of rotatable bonds is 5. The van der Waals surface area contributed by atoms with Crippen molar-refractivity contribution in [2.24, 2.45) is 0 Å². The molecule has 0 radical (unpaired) electrons. The molecule has 0 aliphatic carbocycles. The molecule has 0 aliphatic heterocycles. The number of carbonyl (C=O) groups is 1. The van der Waals surface area contributed by atoms with Crippen LogP contribution in [-0.2, 0) is 4.79 Å². The zero-order valence-electron chi connectivity index (χ0n) is 14.7. The summed E-state index contributed by atoms with van der Waals surface area (Å²) in [6.45, 7) is -0.240. The Morgan fingerprint density at radius 1 is 1.03 bits per heavy atom.